The maximum atomic E-state index is 12.8. The second-order valence-electron chi connectivity index (χ2n) is 8.11. The minimum absolute atomic E-state index is 0.200. The van der Waals surface area contributed by atoms with E-state index in [-0.39, 0.29) is 5.92 Å². The smallest absolute Gasteiger partial charge is 0.149 e. The molecule has 23 heavy (non-hydrogen) atoms. The number of likely N-dealkylation sites (tertiary alicyclic amines) is 1. The van der Waals surface area contributed by atoms with Crippen molar-refractivity contribution >= 4 is 11.6 Å². The highest BCUT2D eigenvalue weighted by Crippen LogP contribution is 2.30. The molecule has 0 bridgehead atoms. The van der Waals surface area contributed by atoms with Gasteiger partial charge in [-0.1, -0.05) is 38.5 Å². The second-order valence-corrected chi connectivity index (χ2v) is 8.11. The number of hydrogen-bond acceptors (Lipinski definition) is 3. The average Bonchev–Trinajstić information content (AvgIpc) is 2.63. The molecule has 0 aromatic heterocycles. The number of piperidine rings is 1. The molecule has 0 aromatic rings. The van der Waals surface area contributed by atoms with Gasteiger partial charge < -0.3 is 0 Å². The molecular weight excluding hydrogens is 286 g/mol. The van der Waals surface area contributed by atoms with Crippen LogP contribution in [-0.2, 0) is 9.59 Å². The number of hydrogen-bond donors (Lipinski definition) is 0. The van der Waals surface area contributed by atoms with Gasteiger partial charge in [0, 0.05) is 24.3 Å². The summed E-state index contributed by atoms with van der Waals surface area (Å²) >= 11 is 0. The number of ketones is 2. The summed E-state index contributed by atoms with van der Waals surface area (Å²) in [7, 11) is 0. The summed E-state index contributed by atoms with van der Waals surface area (Å²) in [5.74, 6) is 1.78. The summed E-state index contributed by atoms with van der Waals surface area (Å²) in [6.07, 6.45) is 14.0. The molecule has 3 rings (SSSR count). The van der Waals surface area contributed by atoms with Crippen LogP contribution in [0.1, 0.15) is 77.0 Å². The van der Waals surface area contributed by atoms with Crippen molar-refractivity contribution in [2.75, 3.05) is 19.6 Å². The highest BCUT2D eigenvalue weighted by molar-refractivity contribution is 5.85. The molecule has 0 amide bonds. The second kappa shape index (κ2) is 8.41. The van der Waals surface area contributed by atoms with Gasteiger partial charge in [-0.05, 0) is 45.1 Å². The molecule has 0 N–H and O–H groups in total. The first-order valence-electron chi connectivity index (χ1n) is 10.0. The van der Waals surface area contributed by atoms with Gasteiger partial charge in [-0.2, -0.15) is 0 Å². The zero-order chi connectivity index (χ0) is 16.1. The summed E-state index contributed by atoms with van der Waals surface area (Å²) in [5, 5.41) is 0. The molecule has 1 unspecified atom stereocenters. The van der Waals surface area contributed by atoms with Crippen molar-refractivity contribution in [3.8, 4) is 0 Å². The van der Waals surface area contributed by atoms with Crippen LogP contribution >= 0.6 is 0 Å². The van der Waals surface area contributed by atoms with Crippen LogP contribution in [-0.4, -0.2) is 36.1 Å². The average molecular weight is 319 g/mol. The van der Waals surface area contributed by atoms with Crippen molar-refractivity contribution in [1.29, 1.82) is 0 Å². The molecule has 1 heterocycles. The molecule has 1 aliphatic heterocycles. The van der Waals surface area contributed by atoms with Crippen molar-refractivity contribution in [3.05, 3.63) is 0 Å². The third-order valence-corrected chi connectivity index (χ3v) is 6.36. The largest absolute Gasteiger partial charge is 0.299 e. The zero-order valence-electron chi connectivity index (χ0n) is 14.6. The maximum Gasteiger partial charge on any atom is 0.149 e. The maximum absolute atomic E-state index is 12.8. The number of Topliss-reactive ketones (excluding diaryl/α,β-unsaturated/α-hetero) is 2. The van der Waals surface area contributed by atoms with Gasteiger partial charge in [0.25, 0.3) is 0 Å². The Labute approximate surface area is 141 Å². The molecule has 3 aliphatic rings. The van der Waals surface area contributed by atoms with Crippen LogP contribution in [0.15, 0.2) is 0 Å². The Balaban J connectivity index is 1.49. The molecule has 0 radical (unpaired) electrons. The van der Waals surface area contributed by atoms with E-state index in [4.69, 9.17) is 0 Å². The van der Waals surface area contributed by atoms with Gasteiger partial charge >= 0.3 is 0 Å². The summed E-state index contributed by atoms with van der Waals surface area (Å²) in [4.78, 5) is 27.6. The molecule has 3 nitrogen and oxygen atoms in total. The fourth-order valence-corrected chi connectivity index (χ4v) is 4.93. The lowest BCUT2D eigenvalue weighted by Gasteiger charge is -2.34. The third kappa shape index (κ3) is 4.65. The van der Waals surface area contributed by atoms with Gasteiger partial charge in [0.15, 0.2) is 0 Å². The summed E-state index contributed by atoms with van der Waals surface area (Å²) in [6.45, 7) is 2.44. The van der Waals surface area contributed by atoms with E-state index < -0.39 is 0 Å². The van der Waals surface area contributed by atoms with Crippen LogP contribution in [0.5, 0.6) is 0 Å². The Bertz CT molecular complexity index is 408. The van der Waals surface area contributed by atoms with E-state index in [0.29, 0.717) is 29.9 Å². The minimum atomic E-state index is 0.200. The van der Waals surface area contributed by atoms with Gasteiger partial charge in [-0.3, -0.25) is 14.5 Å². The molecule has 3 heteroatoms. The zero-order valence-corrected chi connectivity index (χ0v) is 14.6. The van der Waals surface area contributed by atoms with Crippen LogP contribution in [0.4, 0.5) is 0 Å². The molecule has 2 saturated carbocycles. The lowest BCUT2D eigenvalue weighted by atomic mass is 9.79. The first kappa shape index (κ1) is 17.1. The fraction of sp³-hybridized carbons (Fsp3) is 0.900. The monoisotopic (exact) mass is 319 g/mol. The van der Waals surface area contributed by atoms with Gasteiger partial charge in [0.05, 0.1) is 6.54 Å². The van der Waals surface area contributed by atoms with Crippen LogP contribution in [0.2, 0.25) is 0 Å². The number of carbonyl (C=O) groups excluding carboxylic acids is 2. The number of rotatable bonds is 5. The van der Waals surface area contributed by atoms with Crippen LogP contribution < -0.4 is 0 Å². The molecule has 2 aliphatic carbocycles. The van der Waals surface area contributed by atoms with Gasteiger partial charge in [-0.15, -0.1) is 0 Å². The van der Waals surface area contributed by atoms with Gasteiger partial charge in [0.2, 0.25) is 0 Å². The molecule has 1 saturated heterocycles. The Hall–Kier alpha value is -0.700. The predicted molar refractivity (Wildman–Crippen MR) is 92.3 cm³/mol. The van der Waals surface area contributed by atoms with Crippen molar-refractivity contribution in [3.63, 3.8) is 0 Å². The molecule has 130 valence electrons. The summed E-state index contributed by atoms with van der Waals surface area (Å²) in [6, 6.07) is 0. The first-order chi connectivity index (χ1) is 11.2. The summed E-state index contributed by atoms with van der Waals surface area (Å²) in [5.41, 5.74) is 0. The molecule has 1 atom stereocenters. The van der Waals surface area contributed by atoms with Crippen molar-refractivity contribution in [2.45, 2.75) is 77.0 Å². The molecule has 0 spiro atoms. The van der Waals surface area contributed by atoms with Gasteiger partial charge in [-0.25, -0.2) is 0 Å². The lowest BCUT2D eigenvalue weighted by molar-refractivity contribution is -0.131. The standard InChI is InChI=1S/C20H33NO2/c22-19(16-8-3-1-4-9-16)15-21-13-7-12-18(14-21)20(23)17-10-5-2-6-11-17/h16-18H,1-15H2. The quantitative estimate of drug-likeness (QED) is 0.768. The van der Waals surface area contributed by atoms with E-state index in [1.165, 1.54) is 38.5 Å². The van der Waals surface area contributed by atoms with E-state index >= 15 is 0 Å². The fourth-order valence-electron chi connectivity index (χ4n) is 4.93. The third-order valence-electron chi connectivity index (χ3n) is 6.36. The minimum Gasteiger partial charge on any atom is -0.299 e. The van der Waals surface area contributed by atoms with E-state index in [1.807, 2.05) is 0 Å². The van der Waals surface area contributed by atoms with E-state index in [1.54, 1.807) is 0 Å². The number of carbonyl (C=O) groups is 2. The van der Waals surface area contributed by atoms with Crippen molar-refractivity contribution < 1.29 is 9.59 Å². The Kier molecular flexibility index (Phi) is 6.27. The Morgan fingerprint density at radius 1 is 0.696 bits per heavy atom. The van der Waals surface area contributed by atoms with Crippen LogP contribution in [0.3, 0.4) is 0 Å². The molecule has 3 fully saturated rings. The Morgan fingerprint density at radius 3 is 1.91 bits per heavy atom. The number of nitrogens with zero attached hydrogens (tertiary/aromatic N) is 1. The molecule has 0 aromatic carbocycles. The van der Waals surface area contributed by atoms with Crippen LogP contribution in [0, 0.1) is 17.8 Å². The SMILES string of the molecule is O=C(CN1CCCC(C(=O)C2CCCCC2)C1)C1CCCCC1. The van der Waals surface area contributed by atoms with Crippen LogP contribution in [0.25, 0.3) is 0 Å². The molecular formula is C20H33NO2. The highest BCUT2D eigenvalue weighted by Gasteiger charge is 2.32. The van der Waals surface area contributed by atoms with Gasteiger partial charge in [0.1, 0.15) is 11.6 Å². The Morgan fingerprint density at radius 2 is 1.26 bits per heavy atom. The van der Waals surface area contributed by atoms with Crippen molar-refractivity contribution in [1.82, 2.24) is 4.90 Å². The van der Waals surface area contributed by atoms with E-state index in [9.17, 15) is 9.59 Å². The first-order valence-corrected chi connectivity index (χ1v) is 10.0. The van der Waals surface area contributed by atoms with E-state index in [0.717, 1.165) is 51.6 Å². The highest BCUT2D eigenvalue weighted by atomic mass is 16.1. The predicted octanol–water partition coefficient (Wildman–Crippen LogP) is 4.00. The lowest BCUT2D eigenvalue weighted by Crippen LogP contribution is -2.44. The normalized spacial score (nSPS) is 28.6. The topological polar surface area (TPSA) is 37.4 Å². The van der Waals surface area contributed by atoms with Crippen molar-refractivity contribution in [2.24, 2.45) is 17.8 Å². The van der Waals surface area contributed by atoms with E-state index in [2.05, 4.69) is 4.90 Å². The summed E-state index contributed by atoms with van der Waals surface area (Å²) < 4.78 is 0.